The Hall–Kier alpha value is -2.55. The van der Waals surface area contributed by atoms with Gasteiger partial charge in [0.15, 0.2) is 0 Å². The first-order valence-electron chi connectivity index (χ1n) is 8.27. The third kappa shape index (κ3) is 3.85. The molecule has 1 N–H and O–H groups in total. The molecule has 0 bridgehead atoms. The number of aromatic amines is 1. The van der Waals surface area contributed by atoms with Gasteiger partial charge in [0, 0.05) is 17.1 Å². The summed E-state index contributed by atoms with van der Waals surface area (Å²) < 4.78 is 5.53. The van der Waals surface area contributed by atoms with E-state index < -0.39 is 5.60 Å². The Labute approximate surface area is 142 Å². The largest absolute Gasteiger partial charge is 0.460 e. The van der Waals surface area contributed by atoms with E-state index in [-0.39, 0.29) is 11.9 Å². The van der Waals surface area contributed by atoms with E-state index in [0.29, 0.717) is 6.42 Å². The Morgan fingerprint density at radius 2 is 1.71 bits per heavy atom. The van der Waals surface area contributed by atoms with Crippen LogP contribution in [0.3, 0.4) is 0 Å². The van der Waals surface area contributed by atoms with E-state index in [1.54, 1.807) is 0 Å². The summed E-state index contributed by atoms with van der Waals surface area (Å²) in [6, 6.07) is 20.4. The van der Waals surface area contributed by atoms with E-state index >= 15 is 0 Å². The smallest absolute Gasteiger partial charge is 0.307 e. The maximum Gasteiger partial charge on any atom is 0.307 e. The first kappa shape index (κ1) is 16.3. The molecular formula is C21H23NO2. The monoisotopic (exact) mass is 321 g/mol. The average molecular weight is 321 g/mol. The molecule has 0 spiro atoms. The van der Waals surface area contributed by atoms with Gasteiger partial charge in [-0.15, -0.1) is 0 Å². The minimum Gasteiger partial charge on any atom is -0.460 e. The number of benzene rings is 2. The second kappa shape index (κ2) is 6.52. The minimum absolute atomic E-state index is 0.0477. The Bertz CT molecular complexity index is 795. The third-order valence-corrected chi connectivity index (χ3v) is 3.92. The summed E-state index contributed by atoms with van der Waals surface area (Å²) in [7, 11) is 0. The molecule has 0 aliphatic heterocycles. The molecule has 124 valence electrons. The maximum absolute atomic E-state index is 12.4. The summed E-state index contributed by atoms with van der Waals surface area (Å²) >= 11 is 0. The second-order valence-electron chi connectivity index (χ2n) is 7.07. The summed E-state index contributed by atoms with van der Waals surface area (Å²) in [4.78, 5) is 15.8. The summed E-state index contributed by atoms with van der Waals surface area (Å²) in [5.41, 5.74) is 2.75. The van der Waals surface area contributed by atoms with Crippen molar-refractivity contribution in [3.63, 3.8) is 0 Å². The van der Waals surface area contributed by atoms with Crippen LogP contribution in [0.15, 0.2) is 60.7 Å². The van der Waals surface area contributed by atoms with Crippen molar-refractivity contribution in [2.24, 2.45) is 0 Å². The molecule has 3 nitrogen and oxygen atoms in total. The molecule has 1 aromatic heterocycles. The Balaban J connectivity index is 1.94. The number of para-hydroxylation sites is 1. The normalized spacial score (nSPS) is 13.0. The summed E-state index contributed by atoms with van der Waals surface area (Å²) in [6.45, 7) is 5.68. The van der Waals surface area contributed by atoms with Gasteiger partial charge in [0.25, 0.3) is 0 Å². The van der Waals surface area contributed by atoms with E-state index in [2.05, 4.69) is 29.2 Å². The van der Waals surface area contributed by atoms with Crippen LogP contribution in [0.5, 0.6) is 0 Å². The van der Waals surface area contributed by atoms with Crippen LogP contribution in [0.4, 0.5) is 0 Å². The van der Waals surface area contributed by atoms with Crippen molar-refractivity contribution < 1.29 is 9.53 Å². The molecule has 0 aliphatic carbocycles. The van der Waals surface area contributed by atoms with Crippen LogP contribution >= 0.6 is 0 Å². The van der Waals surface area contributed by atoms with Gasteiger partial charge in [0.2, 0.25) is 0 Å². The number of carbonyl (C=O) groups is 1. The van der Waals surface area contributed by atoms with Crippen LogP contribution in [0.25, 0.3) is 10.9 Å². The van der Waals surface area contributed by atoms with E-state index in [9.17, 15) is 4.79 Å². The van der Waals surface area contributed by atoms with Gasteiger partial charge in [-0.25, -0.2) is 0 Å². The Morgan fingerprint density at radius 1 is 1.04 bits per heavy atom. The van der Waals surface area contributed by atoms with Crippen LogP contribution in [-0.2, 0) is 9.53 Å². The number of rotatable bonds is 4. The lowest BCUT2D eigenvalue weighted by atomic mass is 9.92. The van der Waals surface area contributed by atoms with Crippen LogP contribution in [0, 0.1) is 0 Å². The Kier molecular flexibility index (Phi) is 4.43. The maximum atomic E-state index is 12.4. The fourth-order valence-electron chi connectivity index (χ4n) is 2.93. The fourth-order valence-corrected chi connectivity index (χ4v) is 2.93. The number of fused-ring (bicyclic) bond motifs is 1. The minimum atomic E-state index is -0.473. The van der Waals surface area contributed by atoms with Crippen molar-refractivity contribution in [1.82, 2.24) is 4.98 Å². The van der Waals surface area contributed by atoms with Gasteiger partial charge in [-0.3, -0.25) is 4.79 Å². The summed E-state index contributed by atoms with van der Waals surface area (Å²) in [5, 5.41) is 1.15. The Morgan fingerprint density at radius 3 is 2.38 bits per heavy atom. The number of esters is 1. The number of carbonyl (C=O) groups excluding carboxylic acids is 1. The zero-order valence-electron chi connectivity index (χ0n) is 14.4. The van der Waals surface area contributed by atoms with Gasteiger partial charge >= 0.3 is 5.97 Å². The number of aromatic nitrogens is 1. The van der Waals surface area contributed by atoms with Crippen molar-refractivity contribution >= 4 is 16.9 Å². The molecule has 0 amide bonds. The predicted octanol–water partition coefficient (Wildman–Crippen LogP) is 5.03. The van der Waals surface area contributed by atoms with Gasteiger partial charge < -0.3 is 9.72 Å². The summed E-state index contributed by atoms with van der Waals surface area (Å²) in [5.74, 6) is -0.233. The van der Waals surface area contributed by atoms with Crippen LogP contribution in [0.1, 0.15) is 44.4 Å². The summed E-state index contributed by atoms with van der Waals surface area (Å²) in [6.07, 6.45) is 0.314. The highest BCUT2D eigenvalue weighted by Gasteiger charge is 2.24. The molecule has 0 aliphatic rings. The van der Waals surface area contributed by atoms with Gasteiger partial charge in [0.1, 0.15) is 5.60 Å². The van der Waals surface area contributed by atoms with Crippen molar-refractivity contribution in [2.45, 2.75) is 38.7 Å². The quantitative estimate of drug-likeness (QED) is 0.685. The molecule has 1 atom stereocenters. The molecule has 3 aromatic rings. The van der Waals surface area contributed by atoms with Gasteiger partial charge in [-0.2, -0.15) is 0 Å². The molecule has 2 aromatic carbocycles. The SMILES string of the molecule is CC(C)(C)OC(=O)CC(c1ccccc1)c1cc2ccccc2[nH]1. The topological polar surface area (TPSA) is 42.1 Å². The highest BCUT2D eigenvalue weighted by molar-refractivity contribution is 5.81. The van der Waals surface area contributed by atoms with E-state index in [1.165, 1.54) is 0 Å². The standard InChI is InChI=1S/C21H23NO2/c1-21(2,3)24-20(23)14-17(15-9-5-4-6-10-15)19-13-16-11-7-8-12-18(16)22-19/h4-13,17,22H,14H2,1-3H3. The molecule has 3 heteroatoms. The van der Waals surface area contributed by atoms with Gasteiger partial charge in [-0.05, 0) is 43.9 Å². The number of H-pyrrole nitrogens is 1. The fraction of sp³-hybridized carbons (Fsp3) is 0.286. The molecular weight excluding hydrogens is 298 g/mol. The number of ether oxygens (including phenoxy) is 1. The van der Waals surface area contributed by atoms with E-state index in [4.69, 9.17) is 4.74 Å². The van der Waals surface area contributed by atoms with Crippen LogP contribution < -0.4 is 0 Å². The second-order valence-corrected chi connectivity index (χ2v) is 7.07. The zero-order valence-corrected chi connectivity index (χ0v) is 14.4. The van der Waals surface area contributed by atoms with E-state index in [0.717, 1.165) is 22.2 Å². The van der Waals surface area contributed by atoms with Crippen LogP contribution in [-0.4, -0.2) is 16.6 Å². The third-order valence-electron chi connectivity index (χ3n) is 3.92. The molecule has 0 radical (unpaired) electrons. The molecule has 24 heavy (non-hydrogen) atoms. The zero-order chi connectivity index (χ0) is 17.2. The average Bonchev–Trinajstić information content (AvgIpc) is 2.95. The first-order chi connectivity index (χ1) is 11.4. The number of hydrogen-bond donors (Lipinski definition) is 1. The first-order valence-corrected chi connectivity index (χ1v) is 8.27. The molecule has 0 saturated heterocycles. The molecule has 1 heterocycles. The molecule has 3 rings (SSSR count). The highest BCUT2D eigenvalue weighted by Crippen LogP contribution is 2.30. The van der Waals surface area contributed by atoms with Crippen LogP contribution in [0.2, 0.25) is 0 Å². The predicted molar refractivity (Wildman–Crippen MR) is 97.0 cm³/mol. The molecule has 1 unspecified atom stereocenters. The van der Waals surface area contributed by atoms with Crippen molar-refractivity contribution in [2.75, 3.05) is 0 Å². The lowest BCUT2D eigenvalue weighted by molar-refractivity contribution is -0.155. The van der Waals surface area contributed by atoms with E-state index in [1.807, 2.05) is 57.2 Å². The van der Waals surface area contributed by atoms with Crippen molar-refractivity contribution in [3.8, 4) is 0 Å². The molecule has 0 saturated carbocycles. The van der Waals surface area contributed by atoms with Gasteiger partial charge in [0.05, 0.1) is 6.42 Å². The number of hydrogen-bond acceptors (Lipinski definition) is 2. The van der Waals surface area contributed by atoms with Crippen molar-refractivity contribution in [3.05, 3.63) is 71.9 Å². The van der Waals surface area contributed by atoms with Gasteiger partial charge in [-0.1, -0.05) is 48.5 Å². The lowest BCUT2D eigenvalue weighted by Gasteiger charge is -2.22. The highest BCUT2D eigenvalue weighted by atomic mass is 16.6. The van der Waals surface area contributed by atoms with Crippen molar-refractivity contribution in [1.29, 1.82) is 0 Å². The molecule has 0 fully saturated rings. The number of nitrogens with one attached hydrogen (secondary N) is 1. The lowest BCUT2D eigenvalue weighted by Crippen LogP contribution is -2.25.